The van der Waals surface area contributed by atoms with E-state index >= 15 is 0 Å². The first-order valence-electron chi connectivity index (χ1n) is 7.21. The molecule has 1 aromatic heterocycles. The largest absolute Gasteiger partial charge is 0.313 e. The number of rotatable bonds is 6. The standard InChI is InChI=1S/C15H24N2S/c1-2-10-16-12-13-7-6-11-17-15(13)18-14-8-4-3-5-9-14/h6-7,11,14,16H,2-5,8-10,12H2,1H3. The Balaban J connectivity index is 1.93. The van der Waals surface area contributed by atoms with Gasteiger partial charge in [0.15, 0.2) is 0 Å². The number of hydrogen-bond acceptors (Lipinski definition) is 3. The molecule has 0 amide bonds. The van der Waals surface area contributed by atoms with Gasteiger partial charge in [0.05, 0.1) is 0 Å². The van der Waals surface area contributed by atoms with Crippen molar-refractivity contribution in [3.8, 4) is 0 Å². The number of aromatic nitrogens is 1. The molecule has 1 aliphatic rings. The third-order valence-corrected chi connectivity index (χ3v) is 4.82. The summed E-state index contributed by atoms with van der Waals surface area (Å²) in [7, 11) is 0. The number of nitrogens with one attached hydrogen (secondary N) is 1. The van der Waals surface area contributed by atoms with Crippen molar-refractivity contribution >= 4 is 11.8 Å². The van der Waals surface area contributed by atoms with Gasteiger partial charge in [-0.05, 0) is 37.4 Å². The fourth-order valence-corrected chi connectivity index (χ4v) is 3.70. The minimum absolute atomic E-state index is 0.790. The van der Waals surface area contributed by atoms with E-state index in [0.29, 0.717) is 0 Å². The molecule has 1 aromatic rings. The molecule has 18 heavy (non-hydrogen) atoms. The second kappa shape index (κ2) is 7.80. The average molecular weight is 264 g/mol. The molecule has 2 rings (SSSR count). The smallest absolute Gasteiger partial charge is 0.101 e. The van der Waals surface area contributed by atoms with Crippen LogP contribution in [0.2, 0.25) is 0 Å². The third-order valence-electron chi connectivity index (χ3n) is 3.42. The quantitative estimate of drug-likeness (QED) is 0.786. The van der Waals surface area contributed by atoms with E-state index in [1.807, 2.05) is 24.0 Å². The topological polar surface area (TPSA) is 24.9 Å². The Bertz CT molecular complexity index is 348. The molecule has 0 radical (unpaired) electrons. The molecule has 1 aliphatic carbocycles. The molecule has 1 heterocycles. The number of thioether (sulfide) groups is 1. The first-order valence-corrected chi connectivity index (χ1v) is 8.09. The van der Waals surface area contributed by atoms with E-state index in [4.69, 9.17) is 0 Å². The van der Waals surface area contributed by atoms with E-state index in [-0.39, 0.29) is 0 Å². The highest BCUT2D eigenvalue weighted by Crippen LogP contribution is 2.33. The molecule has 0 unspecified atom stereocenters. The molecule has 0 spiro atoms. The molecule has 0 atom stereocenters. The van der Waals surface area contributed by atoms with Crippen molar-refractivity contribution in [3.63, 3.8) is 0 Å². The lowest BCUT2D eigenvalue weighted by molar-refractivity contribution is 0.515. The van der Waals surface area contributed by atoms with Crippen LogP contribution in [0.4, 0.5) is 0 Å². The summed E-state index contributed by atoms with van der Waals surface area (Å²) >= 11 is 2.00. The maximum absolute atomic E-state index is 4.57. The Hall–Kier alpha value is -0.540. The molecule has 0 saturated heterocycles. The molecule has 1 N–H and O–H groups in total. The van der Waals surface area contributed by atoms with E-state index in [2.05, 4.69) is 23.3 Å². The first-order chi connectivity index (χ1) is 8.90. The van der Waals surface area contributed by atoms with Crippen LogP contribution in [0.1, 0.15) is 51.0 Å². The predicted molar refractivity (Wildman–Crippen MR) is 79.0 cm³/mol. The molecule has 3 heteroatoms. The first kappa shape index (κ1) is 13.9. The molecule has 2 nitrogen and oxygen atoms in total. The monoisotopic (exact) mass is 264 g/mol. The average Bonchev–Trinajstić information content (AvgIpc) is 2.42. The lowest BCUT2D eigenvalue weighted by Crippen LogP contribution is -2.15. The lowest BCUT2D eigenvalue weighted by Gasteiger charge is -2.21. The minimum Gasteiger partial charge on any atom is -0.313 e. The molecular weight excluding hydrogens is 240 g/mol. The highest BCUT2D eigenvalue weighted by atomic mass is 32.2. The van der Waals surface area contributed by atoms with Crippen LogP contribution in [0, 0.1) is 0 Å². The zero-order valence-electron chi connectivity index (χ0n) is 11.3. The van der Waals surface area contributed by atoms with Gasteiger partial charge >= 0.3 is 0 Å². The summed E-state index contributed by atoms with van der Waals surface area (Å²) < 4.78 is 0. The van der Waals surface area contributed by atoms with Crippen LogP contribution >= 0.6 is 11.8 Å². The van der Waals surface area contributed by atoms with Crippen LogP contribution in [0.15, 0.2) is 23.4 Å². The van der Waals surface area contributed by atoms with Crippen molar-refractivity contribution < 1.29 is 0 Å². The summed E-state index contributed by atoms with van der Waals surface area (Å²) in [6.45, 7) is 4.24. The molecule has 1 fully saturated rings. The van der Waals surface area contributed by atoms with Gasteiger partial charge in [0.2, 0.25) is 0 Å². The van der Waals surface area contributed by atoms with Crippen LogP contribution in [0.25, 0.3) is 0 Å². The SMILES string of the molecule is CCCNCc1cccnc1SC1CCCCC1. The molecule has 0 bridgehead atoms. The maximum atomic E-state index is 4.57. The molecule has 1 saturated carbocycles. The second-order valence-electron chi connectivity index (χ2n) is 5.02. The van der Waals surface area contributed by atoms with Gasteiger partial charge in [-0.15, -0.1) is 11.8 Å². The van der Waals surface area contributed by atoms with E-state index in [1.165, 1.54) is 49.1 Å². The zero-order valence-corrected chi connectivity index (χ0v) is 12.1. The number of nitrogens with zero attached hydrogens (tertiary/aromatic N) is 1. The summed E-state index contributed by atoms with van der Waals surface area (Å²) in [6, 6.07) is 4.26. The number of hydrogen-bond donors (Lipinski definition) is 1. The van der Waals surface area contributed by atoms with Gasteiger partial charge < -0.3 is 5.32 Å². The van der Waals surface area contributed by atoms with E-state index in [0.717, 1.165) is 18.3 Å². The van der Waals surface area contributed by atoms with Crippen LogP contribution in [-0.2, 0) is 6.54 Å². The van der Waals surface area contributed by atoms with Crippen molar-refractivity contribution in [3.05, 3.63) is 23.9 Å². The Morgan fingerprint density at radius 2 is 2.17 bits per heavy atom. The fraction of sp³-hybridized carbons (Fsp3) is 0.667. The van der Waals surface area contributed by atoms with Crippen LogP contribution < -0.4 is 5.32 Å². The van der Waals surface area contributed by atoms with E-state index < -0.39 is 0 Å². The Morgan fingerprint density at radius 3 is 2.94 bits per heavy atom. The second-order valence-corrected chi connectivity index (χ2v) is 6.31. The molecule has 100 valence electrons. The molecule has 0 aliphatic heterocycles. The fourth-order valence-electron chi connectivity index (χ4n) is 2.41. The van der Waals surface area contributed by atoms with Crippen molar-refractivity contribution in [2.45, 2.75) is 62.3 Å². The van der Waals surface area contributed by atoms with E-state index in [1.54, 1.807) is 0 Å². The molecule has 0 aromatic carbocycles. The Morgan fingerprint density at radius 1 is 1.33 bits per heavy atom. The Labute approximate surface area is 115 Å². The third kappa shape index (κ3) is 4.29. The highest BCUT2D eigenvalue weighted by Gasteiger charge is 2.16. The lowest BCUT2D eigenvalue weighted by atomic mass is 10.0. The van der Waals surface area contributed by atoms with Crippen LogP contribution in [0.5, 0.6) is 0 Å². The van der Waals surface area contributed by atoms with Gasteiger partial charge in [0, 0.05) is 18.0 Å². The van der Waals surface area contributed by atoms with Crippen molar-refractivity contribution in [2.24, 2.45) is 0 Å². The van der Waals surface area contributed by atoms with Gasteiger partial charge in [-0.25, -0.2) is 4.98 Å². The van der Waals surface area contributed by atoms with Crippen molar-refractivity contribution in [1.29, 1.82) is 0 Å². The summed E-state index contributed by atoms with van der Waals surface area (Å²) in [5.74, 6) is 0. The van der Waals surface area contributed by atoms with Gasteiger partial charge in [-0.1, -0.05) is 32.3 Å². The Kier molecular flexibility index (Phi) is 6.01. The van der Waals surface area contributed by atoms with Gasteiger partial charge in [-0.2, -0.15) is 0 Å². The predicted octanol–water partition coefficient (Wildman–Crippen LogP) is 4.01. The van der Waals surface area contributed by atoms with Crippen molar-refractivity contribution in [2.75, 3.05) is 6.54 Å². The summed E-state index contributed by atoms with van der Waals surface area (Å²) in [5, 5.41) is 5.51. The van der Waals surface area contributed by atoms with Crippen molar-refractivity contribution in [1.82, 2.24) is 10.3 Å². The highest BCUT2D eigenvalue weighted by molar-refractivity contribution is 7.99. The van der Waals surface area contributed by atoms with Gasteiger partial charge in [-0.3, -0.25) is 0 Å². The molecular formula is C15H24N2S. The summed E-state index contributed by atoms with van der Waals surface area (Å²) in [5.41, 5.74) is 1.36. The van der Waals surface area contributed by atoms with Gasteiger partial charge in [0.1, 0.15) is 5.03 Å². The van der Waals surface area contributed by atoms with E-state index in [9.17, 15) is 0 Å². The normalized spacial score (nSPS) is 16.9. The van der Waals surface area contributed by atoms with Gasteiger partial charge in [0.25, 0.3) is 0 Å². The van der Waals surface area contributed by atoms with Crippen LogP contribution in [0.3, 0.4) is 0 Å². The zero-order chi connectivity index (χ0) is 12.6. The van der Waals surface area contributed by atoms with Crippen LogP contribution in [-0.4, -0.2) is 16.8 Å². The summed E-state index contributed by atoms with van der Waals surface area (Å²) in [4.78, 5) is 4.57. The maximum Gasteiger partial charge on any atom is 0.101 e. The summed E-state index contributed by atoms with van der Waals surface area (Å²) in [6.07, 6.45) is 10.1. The number of pyridine rings is 1. The minimum atomic E-state index is 0.790.